The molecule has 1 aliphatic heterocycles. The molecule has 0 unspecified atom stereocenters. The van der Waals surface area contributed by atoms with Gasteiger partial charge in [-0.15, -0.1) is 0 Å². The Morgan fingerprint density at radius 2 is 2.33 bits per heavy atom. The fourth-order valence-electron chi connectivity index (χ4n) is 2.58. The Hall–Kier alpha value is -1.66. The summed E-state index contributed by atoms with van der Waals surface area (Å²) in [4.78, 5) is 4.47. The number of nitrogens with zero attached hydrogens (tertiary/aromatic N) is 4. The maximum absolute atomic E-state index is 5.59. The van der Waals surface area contributed by atoms with E-state index in [2.05, 4.69) is 44.6 Å². The summed E-state index contributed by atoms with van der Waals surface area (Å²) in [6.07, 6.45) is 5.13. The van der Waals surface area contributed by atoms with Crippen molar-refractivity contribution in [2.75, 3.05) is 13.2 Å². The van der Waals surface area contributed by atoms with E-state index >= 15 is 0 Å². The van der Waals surface area contributed by atoms with E-state index in [0.29, 0.717) is 6.10 Å². The third kappa shape index (κ3) is 3.33. The average molecular weight is 289 g/mol. The number of imidazole rings is 1. The molecule has 3 heterocycles. The third-order valence-corrected chi connectivity index (χ3v) is 3.61. The van der Waals surface area contributed by atoms with Crippen LogP contribution in [0, 0.1) is 0 Å². The van der Waals surface area contributed by atoms with Crippen LogP contribution in [0.1, 0.15) is 26.0 Å². The Balaban J connectivity index is 1.68. The smallest absolute Gasteiger partial charge is 0.160 e. The molecule has 1 N–H and O–H groups in total. The summed E-state index contributed by atoms with van der Waals surface area (Å²) in [6.45, 7) is 8.60. The van der Waals surface area contributed by atoms with Crippen LogP contribution in [0.5, 0.6) is 0 Å². The number of aromatic nitrogens is 4. The van der Waals surface area contributed by atoms with E-state index < -0.39 is 0 Å². The first kappa shape index (κ1) is 14.3. The van der Waals surface area contributed by atoms with Gasteiger partial charge in [-0.3, -0.25) is 4.68 Å². The van der Waals surface area contributed by atoms with E-state index in [0.717, 1.165) is 50.7 Å². The van der Waals surface area contributed by atoms with Gasteiger partial charge in [-0.2, -0.15) is 5.10 Å². The van der Waals surface area contributed by atoms with Gasteiger partial charge in [0.25, 0.3) is 0 Å². The predicted octanol–water partition coefficient (Wildman–Crippen LogP) is 1.66. The van der Waals surface area contributed by atoms with Crippen LogP contribution in [-0.4, -0.2) is 38.6 Å². The second-order valence-corrected chi connectivity index (χ2v) is 5.64. The Bertz CT molecular complexity index is 563. The van der Waals surface area contributed by atoms with Gasteiger partial charge in [0.15, 0.2) is 5.82 Å². The molecule has 0 saturated carbocycles. The van der Waals surface area contributed by atoms with Gasteiger partial charge in [-0.1, -0.05) is 0 Å². The summed E-state index contributed by atoms with van der Waals surface area (Å²) in [5.74, 6) is 0.946. The summed E-state index contributed by atoms with van der Waals surface area (Å²) in [7, 11) is 0. The summed E-state index contributed by atoms with van der Waals surface area (Å²) < 4.78 is 9.82. The minimum Gasteiger partial charge on any atom is -0.379 e. The lowest BCUT2D eigenvalue weighted by atomic mass is 10.3. The number of fused-ring (bicyclic) bond motifs is 1. The van der Waals surface area contributed by atoms with Gasteiger partial charge in [0.2, 0.25) is 0 Å². The quantitative estimate of drug-likeness (QED) is 0.822. The zero-order chi connectivity index (χ0) is 14.7. The minimum atomic E-state index is 0.291. The van der Waals surface area contributed by atoms with E-state index in [1.165, 1.54) is 5.69 Å². The van der Waals surface area contributed by atoms with Gasteiger partial charge >= 0.3 is 0 Å². The van der Waals surface area contributed by atoms with Crippen LogP contribution in [0.2, 0.25) is 0 Å². The zero-order valence-electron chi connectivity index (χ0n) is 12.7. The van der Waals surface area contributed by atoms with Crippen molar-refractivity contribution in [3.05, 3.63) is 24.2 Å². The molecular formula is C15H23N5O. The molecule has 0 fully saturated rings. The average Bonchev–Trinajstić information content (AvgIpc) is 3.09. The Morgan fingerprint density at radius 3 is 3.14 bits per heavy atom. The highest BCUT2D eigenvalue weighted by Crippen LogP contribution is 2.19. The van der Waals surface area contributed by atoms with Crippen molar-refractivity contribution >= 4 is 0 Å². The Morgan fingerprint density at radius 1 is 1.43 bits per heavy atom. The van der Waals surface area contributed by atoms with E-state index in [9.17, 15) is 0 Å². The summed E-state index contributed by atoms with van der Waals surface area (Å²) >= 11 is 0. The van der Waals surface area contributed by atoms with Crippen LogP contribution < -0.4 is 5.32 Å². The lowest BCUT2D eigenvalue weighted by molar-refractivity contribution is 0.0749. The van der Waals surface area contributed by atoms with E-state index in [4.69, 9.17) is 4.74 Å². The highest BCUT2D eigenvalue weighted by atomic mass is 16.5. The van der Waals surface area contributed by atoms with Gasteiger partial charge in [0.1, 0.15) is 5.69 Å². The molecule has 0 atom stereocenters. The monoisotopic (exact) mass is 289 g/mol. The Labute approximate surface area is 125 Å². The van der Waals surface area contributed by atoms with E-state index in [1.807, 2.05) is 12.4 Å². The van der Waals surface area contributed by atoms with Gasteiger partial charge in [0.05, 0.1) is 18.3 Å². The van der Waals surface area contributed by atoms with Crippen LogP contribution in [-0.2, 0) is 24.4 Å². The predicted molar refractivity (Wildman–Crippen MR) is 80.9 cm³/mol. The number of hydrogen-bond donors (Lipinski definition) is 1. The molecular weight excluding hydrogens is 266 g/mol. The first-order valence-corrected chi connectivity index (χ1v) is 7.64. The molecule has 114 valence electrons. The molecule has 0 spiro atoms. The molecule has 1 aliphatic rings. The van der Waals surface area contributed by atoms with Crippen LogP contribution in [0.15, 0.2) is 18.5 Å². The standard InChI is InChI=1S/C15H23N5O/c1-12(2)21-9-3-6-19-7-5-17-15(19)14-10-13-11-16-4-8-20(13)18-14/h5,7,10,12,16H,3-4,6,8-9,11H2,1-2H3. The van der Waals surface area contributed by atoms with Gasteiger partial charge in [0, 0.05) is 38.6 Å². The molecule has 2 aromatic rings. The van der Waals surface area contributed by atoms with Gasteiger partial charge < -0.3 is 14.6 Å². The molecule has 6 heteroatoms. The first-order chi connectivity index (χ1) is 10.2. The Kier molecular flexibility index (Phi) is 4.36. The van der Waals surface area contributed by atoms with Crippen molar-refractivity contribution in [2.24, 2.45) is 0 Å². The number of ether oxygens (including phenoxy) is 1. The van der Waals surface area contributed by atoms with Gasteiger partial charge in [-0.05, 0) is 26.3 Å². The van der Waals surface area contributed by atoms with Crippen LogP contribution in [0.25, 0.3) is 11.5 Å². The first-order valence-electron chi connectivity index (χ1n) is 7.64. The van der Waals surface area contributed by atoms with Crippen molar-refractivity contribution in [2.45, 2.75) is 46.0 Å². The molecule has 0 saturated heterocycles. The van der Waals surface area contributed by atoms with Crippen molar-refractivity contribution in [1.29, 1.82) is 0 Å². The largest absolute Gasteiger partial charge is 0.379 e. The summed E-state index contributed by atoms with van der Waals surface area (Å²) in [5, 5.41) is 8.03. The molecule has 21 heavy (non-hydrogen) atoms. The highest BCUT2D eigenvalue weighted by Gasteiger charge is 2.15. The lowest BCUT2D eigenvalue weighted by Crippen LogP contribution is -2.28. The molecule has 0 amide bonds. The number of nitrogens with one attached hydrogen (secondary N) is 1. The van der Waals surface area contributed by atoms with E-state index in [1.54, 1.807) is 0 Å². The molecule has 0 aromatic carbocycles. The van der Waals surface area contributed by atoms with Gasteiger partial charge in [-0.25, -0.2) is 4.98 Å². The molecule has 3 rings (SSSR count). The number of hydrogen-bond acceptors (Lipinski definition) is 4. The second-order valence-electron chi connectivity index (χ2n) is 5.64. The van der Waals surface area contributed by atoms with Crippen LogP contribution >= 0.6 is 0 Å². The normalized spacial score (nSPS) is 14.6. The van der Waals surface area contributed by atoms with Crippen molar-refractivity contribution in [1.82, 2.24) is 24.6 Å². The highest BCUT2D eigenvalue weighted by molar-refractivity contribution is 5.50. The molecule has 0 radical (unpaired) electrons. The maximum Gasteiger partial charge on any atom is 0.160 e. The van der Waals surface area contributed by atoms with Crippen molar-refractivity contribution in [3.63, 3.8) is 0 Å². The van der Waals surface area contributed by atoms with Crippen LogP contribution in [0.4, 0.5) is 0 Å². The maximum atomic E-state index is 5.59. The van der Waals surface area contributed by atoms with Crippen molar-refractivity contribution < 1.29 is 4.74 Å². The van der Waals surface area contributed by atoms with E-state index in [-0.39, 0.29) is 0 Å². The lowest BCUT2D eigenvalue weighted by Gasteiger charge is -2.13. The molecule has 0 aliphatic carbocycles. The number of rotatable bonds is 6. The second kappa shape index (κ2) is 6.41. The summed E-state index contributed by atoms with van der Waals surface area (Å²) in [5.41, 5.74) is 2.19. The summed E-state index contributed by atoms with van der Waals surface area (Å²) in [6, 6.07) is 2.13. The van der Waals surface area contributed by atoms with Crippen molar-refractivity contribution in [3.8, 4) is 11.5 Å². The fourth-order valence-corrected chi connectivity index (χ4v) is 2.58. The fraction of sp³-hybridized carbons (Fsp3) is 0.600. The topological polar surface area (TPSA) is 56.9 Å². The minimum absolute atomic E-state index is 0.291. The number of aryl methyl sites for hydroxylation is 1. The SMILES string of the molecule is CC(C)OCCCn1ccnc1-c1cc2n(n1)CCNC2. The molecule has 0 bridgehead atoms. The molecule has 6 nitrogen and oxygen atoms in total. The third-order valence-electron chi connectivity index (χ3n) is 3.61. The molecule has 2 aromatic heterocycles. The van der Waals surface area contributed by atoms with Crippen LogP contribution in [0.3, 0.4) is 0 Å². The zero-order valence-corrected chi connectivity index (χ0v) is 12.7.